The van der Waals surface area contributed by atoms with Gasteiger partial charge in [0.05, 0.1) is 12.7 Å². The molecule has 45 heavy (non-hydrogen) atoms. The zero-order valence-corrected chi connectivity index (χ0v) is 23.3. The van der Waals surface area contributed by atoms with Crippen molar-refractivity contribution in [1.29, 1.82) is 0 Å². The molecule has 1 fully saturated rings. The van der Waals surface area contributed by atoms with Gasteiger partial charge >= 0.3 is 5.97 Å². The second kappa shape index (κ2) is 12.4. The van der Waals surface area contributed by atoms with Gasteiger partial charge in [0.1, 0.15) is 35.9 Å². The summed E-state index contributed by atoms with van der Waals surface area (Å²) in [6, 6.07) is 6.02. The van der Waals surface area contributed by atoms with Crippen molar-refractivity contribution in [2.75, 3.05) is 6.61 Å². The monoisotopic (exact) mass is 626 g/mol. The molecule has 2 aromatic carbocycles. The Balaban J connectivity index is 1.38. The van der Waals surface area contributed by atoms with Crippen LogP contribution in [0.25, 0.3) is 11.8 Å². The summed E-state index contributed by atoms with van der Waals surface area (Å²) in [7, 11) is 0. The minimum absolute atomic E-state index is 0.000120. The molecular weight excluding hydrogens is 596 g/mol. The van der Waals surface area contributed by atoms with Crippen molar-refractivity contribution in [3.8, 4) is 28.7 Å². The molecule has 0 amide bonds. The van der Waals surface area contributed by atoms with Gasteiger partial charge in [-0.15, -0.1) is 0 Å². The van der Waals surface area contributed by atoms with Gasteiger partial charge in [-0.05, 0) is 48.4 Å². The van der Waals surface area contributed by atoms with E-state index in [2.05, 4.69) is 0 Å². The van der Waals surface area contributed by atoms with Crippen LogP contribution in [-0.4, -0.2) is 94.2 Å². The molecule has 1 saturated carbocycles. The zero-order valence-electron chi connectivity index (χ0n) is 23.3. The largest absolute Gasteiger partial charge is 0.508 e. The van der Waals surface area contributed by atoms with Crippen LogP contribution in [0.4, 0.5) is 0 Å². The third-order valence-electron chi connectivity index (χ3n) is 7.52. The van der Waals surface area contributed by atoms with E-state index in [1.807, 2.05) is 0 Å². The van der Waals surface area contributed by atoms with E-state index in [-0.39, 0.29) is 52.1 Å². The average molecular weight is 627 g/mol. The van der Waals surface area contributed by atoms with E-state index in [9.17, 15) is 55.9 Å². The van der Waals surface area contributed by atoms with E-state index < -0.39 is 66.3 Å². The van der Waals surface area contributed by atoms with Crippen LogP contribution >= 0.6 is 0 Å². The van der Waals surface area contributed by atoms with Crippen molar-refractivity contribution in [3.63, 3.8) is 0 Å². The van der Waals surface area contributed by atoms with Crippen molar-refractivity contribution in [2.45, 2.75) is 36.9 Å². The van der Waals surface area contributed by atoms with Gasteiger partial charge in [-0.25, -0.2) is 4.79 Å². The molecule has 6 atom stereocenters. The number of carbonyl (C=O) groups is 1. The Kier molecular flexibility index (Phi) is 8.55. The molecule has 0 aromatic heterocycles. The summed E-state index contributed by atoms with van der Waals surface area (Å²) in [5.41, 5.74) is 0.533. The molecular formula is C31H30O14. The first kappa shape index (κ1) is 31.1. The highest BCUT2D eigenvalue weighted by Crippen LogP contribution is 2.43. The number of esters is 1. The fraction of sp³-hybridized carbons (Fsp3) is 0.258. The lowest BCUT2D eigenvalue weighted by Gasteiger charge is -2.40. The number of benzene rings is 2. The third kappa shape index (κ3) is 6.47. The maximum absolute atomic E-state index is 12.3. The summed E-state index contributed by atoms with van der Waals surface area (Å²) >= 11 is 0. The number of carbonyl (C=O) groups excluding carboxylic acids is 1. The predicted octanol–water partition coefficient (Wildman–Crippen LogP) is 1.85. The molecule has 0 saturated heterocycles. The van der Waals surface area contributed by atoms with E-state index >= 15 is 0 Å². The van der Waals surface area contributed by atoms with Gasteiger partial charge < -0.3 is 65.3 Å². The quantitative estimate of drug-likeness (QED) is 0.120. The molecule has 2 aliphatic carbocycles. The fourth-order valence-electron chi connectivity index (χ4n) is 5.11. The number of hydrogen-bond donors (Lipinski definition) is 10. The normalized spacial score (nSPS) is 26.3. The molecule has 0 radical (unpaired) electrons. The van der Waals surface area contributed by atoms with Crippen molar-refractivity contribution in [1.82, 2.24) is 0 Å². The standard InChI is InChI=1S/C31H30O14/c32-16-9-19(34)17-11-25(31(45-23(17)10-16)14-6-21(36)28(40)22(37)7-14)44-24-8-15(27(39)30(42)29(24)41)12-43-26(38)4-2-13-1-3-18(33)20(35)5-13/h1-7,9-11,15,23-24,27,29-30,32-37,39-42H,8,12H2/b4-2+/t15-,23?,24-,27-,29+,30+/m1/s1. The minimum Gasteiger partial charge on any atom is -0.508 e. The first-order chi connectivity index (χ1) is 21.3. The maximum Gasteiger partial charge on any atom is 0.330 e. The topological polar surface area (TPSA) is 247 Å². The van der Waals surface area contributed by atoms with Crippen molar-refractivity contribution in [2.24, 2.45) is 5.92 Å². The Bertz CT molecular complexity index is 1630. The van der Waals surface area contributed by atoms with Crippen LogP contribution in [0.1, 0.15) is 17.5 Å². The number of aromatic hydroxyl groups is 5. The van der Waals surface area contributed by atoms with Crippen molar-refractivity contribution in [3.05, 3.63) is 88.6 Å². The summed E-state index contributed by atoms with van der Waals surface area (Å²) < 4.78 is 17.2. The Morgan fingerprint density at radius 3 is 2.27 bits per heavy atom. The van der Waals surface area contributed by atoms with Crippen LogP contribution in [0.3, 0.4) is 0 Å². The minimum atomic E-state index is -1.73. The average Bonchev–Trinajstić information content (AvgIpc) is 2.99. The second-order valence-corrected chi connectivity index (χ2v) is 10.7. The van der Waals surface area contributed by atoms with Gasteiger partial charge in [0.25, 0.3) is 0 Å². The molecule has 2 aromatic rings. The molecule has 1 aliphatic heterocycles. The highest BCUT2D eigenvalue weighted by atomic mass is 16.5. The Labute approximate surface area is 254 Å². The molecule has 14 nitrogen and oxygen atoms in total. The lowest BCUT2D eigenvalue weighted by molar-refractivity contribution is -0.174. The molecule has 1 unspecified atom stereocenters. The third-order valence-corrected chi connectivity index (χ3v) is 7.52. The van der Waals surface area contributed by atoms with E-state index in [1.54, 1.807) is 0 Å². The molecule has 0 spiro atoms. The Hall–Kier alpha value is -5.31. The van der Waals surface area contributed by atoms with Crippen LogP contribution in [-0.2, 0) is 19.0 Å². The highest BCUT2D eigenvalue weighted by Gasteiger charge is 2.45. The molecule has 3 aliphatic rings. The number of ether oxygens (including phenoxy) is 3. The Morgan fingerprint density at radius 2 is 1.58 bits per heavy atom. The molecule has 14 heteroatoms. The van der Waals surface area contributed by atoms with Crippen LogP contribution in [0.5, 0.6) is 28.7 Å². The first-order valence-corrected chi connectivity index (χ1v) is 13.6. The summed E-state index contributed by atoms with van der Waals surface area (Å²) in [4.78, 5) is 12.3. The molecule has 5 rings (SSSR count). The van der Waals surface area contributed by atoms with E-state index in [0.717, 1.165) is 24.3 Å². The SMILES string of the molecule is O=C(/C=C/c1ccc(O)c(O)c1)OC[C@H]1C[C@@H](OC2=C(c3cc(O)c(O)c(O)c3)OC3C=C(O)C=C(O)C3=C2)[C@H](O)[C@@H](O)[C@@H]1O. The van der Waals surface area contributed by atoms with Gasteiger partial charge in [0.2, 0.25) is 0 Å². The lowest BCUT2D eigenvalue weighted by Crippen LogP contribution is -2.55. The number of fused-ring (bicyclic) bond motifs is 1. The molecule has 1 heterocycles. The maximum atomic E-state index is 12.3. The number of phenols is 5. The number of hydrogen-bond acceptors (Lipinski definition) is 14. The molecule has 10 N–H and O–H groups in total. The predicted molar refractivity (Wildman–Crippen MR) is 154 cm³/mol. The summed E-state index contributed by atoms with van der Waals surface area (Å²) in [6.07, 6.45) is -1.32. The number of aliphatic hydroxyl groups excluding tert-OH is 5. The first-order valence-electron chi connectivity index (χ1n) is 13.6. The number of rotatable bonds is 7. The molecule has 0 bridgehead atoms. The lowest BCUT2D eigenvalue weighted by atomic mass is 9.81. The molecule has 238 valence electrons. The number of aliphatic hydroxyl groups is 5. The van der Waals surface area contributed by atoms with Gasteiger partial charge in [0, 0.05) is 35.3 Å². The summed E-state index contributed by atoms with van der Waals surface area (Å²) in [6.45, 7) is -0.395. The van der Waals surface area contributed by atoms with Crippen LogP contribution < -0.4 is 0 Å². The van der Waals surface area contributed by atoms with Crippen LogP contribution in [0, 0.1) is 5.92 Å². The number of phenolic OH excluding ortho intramolecular Hbond substituents is 5. The van der Waals surface area contributed by atoms with Gasteiger partial charge in [-0.2, -0.15) is 0 Å². The van der Waals surface area contributed by atoms with E-state index in [0.29, 0.717) is 5.56 Å². The van der Waals surface area contributed by atoms with Crippen molar-refractivity contribution < 1.29 is 70.1 Å². The van der Waals surface area contributed by atoms with Crippen LogP contribution in [0.15, 0.2) is 77.5 Å². The van der Waals surface area contributed by atoms with Gasteiger partial charge in [0.15, 0.2) is 40.3 Å². The van der Waals surface area contributed by atoms with Crippen molar-refractivity contribution >= 4 is 17.8 Å². The zero-order chi connectivity index (χ0) is 32.6. The van der Waals surface area contributed by atoms with E-state index in [1.165, 1.54) is 36.4 Å². The van der Waals surface area contributed by atoms with Crippen LogP contribution in [0.2, 0.25) is 0 Å². The summed E-state index contributed by atoms with van der Waals surface area (Å²) in [5.74, 6) is -5.62. The smallest absolute Gasteiger partial charge is 0.330 e. The summed E-state index contributed by atoms with van der Waals surface area (Å²) in [5, 5.41) is 101. The second-order valence-electron chi connectivity index (χ2n) is 10.7. The fourth-order valence-corrected chi connectivity index (χ4v) is 5.11. The van der Waals surface area contributed by atoms with E-state index in [4.69, 9.17) is 14.2 Å². The highest BCUT2D eigenvalue weighted by molar-refractivity contribution is 5.87. The van der Waals surface area contributed by atoms with Gasteiger partial charge in [-0.1, -0.05) is 6.07 Å². The Morgan fingerprint density at radius 1 is 0.867 bits per heavy atom. The number of allylic oxidation sites excluding steroid dienone is 2. The van der Waals surface area contributed by atoms with Gasteiger partial charge in [-0.3, -0.25) is 0 Å².